The highest BCUT2D eigenvalue weighted by Gasteiger charge is 2.33. The summed E-state index contributed by atoms with van der Waals surface area (Å²) in [5.74, 6) is -2.96. The monoisotopic (exact) mass is 580 g/mol. The molecule has 2 aliphatic rings. The molecule has 1 heterocycles. The van der Waals surface area contributed by atoms with E-state index in [1.165, 1.54) is 22.9 Å². The van der Waals surface area contributed by atoms with Gasteiger partial charge in [0.1, 0.15) is 11.5 Å². The second-order valence-electron chi connectivity index (χ2n) is 8.19. The van der Waals surface area contributed by atoms with E-state index in [1.54, 1.807) is 6.07 Å². The number of halogens is 4. The molecule has 1 saturated carbocycles. The zero-order valence-corrected chi connectivity index (χ0v) is 20.1. The Balaban J connectivity index is 1.50. The van der Waals surface area contributed by atoms with E-state index in [1.807, 2.05) is 22.6 Å². The van der Waals surface area contributed by atoms with Crippen LogP contribution < -0.4 is 15.4 Å². The molecule has 1 saturated heterocycles. The molecule has 174 valence electrons. The van der Waals surface area contributed by atoms with Crippen molar-refractivity contribution >= 4 is 49.9 Å². The minimum atomic E-state index is -4.01. The fraction of sp³-hybridized carbons (Fsp3) is 0.429. The fourth-order valence-corrected chi connectivity index (χ4v) is 5.60. The van der Waals surface area contributed by atoms with Gasteiger partial charge in [-0.3, -0.25) is 4.72 Å². The third kappa shape index (κ3) is 5.32. The maximum atomic E-state index is 14.6. The third-order valence-electron chi connectivity index (χ3n) is 5.91. The molecular weight excluding hydrogens is 556 g/mol. The van der Waals surface area contributed by atoms with Crippen LogP contribution >= 0.6 is 22.6 Å². The Morgan fingerprint density at radius 1 is 1.03 bits per heavy atom. The summed E-state index contributed by atoms with van der Waals surface area (Å²) < 4.78 is 72.9. The van der Waals surface area contributed by atoms with Crippen LogP contribution in [-0.4, -0.2) is 38.4 Å². The molecule has 3 N–H and O–H groups in total. The predicted molar refractivity (Wildman–Crippen MR) is 127 cm³/mol. The van der Waals surface area contributed by atoms with Crippen LogP contribution in [0.2, 0.25) is 0 Å². The lowest BCUT2D eigenvalue weighted by atomic mass is 9.92. The van der Waals surface area contributed by atoms with Crippen molar-refractivity contribution in [3.8, 4) is 0 Å². The normalized spacial score (nSPS) is 19.7. The van der Waals surface area contributed by atoms with Crippen LogP contribution in [0.3, 0.4) is 0 Å². The number of rotatable bonds is 8. The van der Waals surface area contributed by atoms with Crippen LogP contribution in [0.5, 0.6) is 0 Å². The number of anilines is 3. The molecule has 6 nitrogen and oxygen atoms in total. The second-order valence-corrected chi connectivity index (χ2v) is 11.1. The van der Waals surface area contributed by atoms with Gasteiger partial charge in [-0.2, -0.15) is 12.7 Å². The minimum Gasteiger partial charge on any atom is -0.349 e. The molecule has 0 spiro atoms. The lowest BCUT2D eigenvalue weighted by Crippen LogP contribution is -2.39. The van der Waals surface area contributed by atoms with Crippen molar-refractivity contribution in [1.82, 2.24) is 9.62 Å². The van der Waals surface area contributed by atoms with Crippen molar-refractivity contribution in [2.45, 2.75) is 31.7 Å². The fourth-order valence-electron chi connectivity index (χ4n) is 3.81. The summed E-state index contributed by atoms with van der Waals surface area (Å²) in [6.07, 6.45) is 4.26. The van der Waals surface area contributed by atoms with E-state index < -0.39 is 33.3 Å². The molecule has 1 atom stereocenters. The molecule has 11 heteroatoms. The SMILES string of the molecule is O=S(=O)(Nc1ccc(F)c(F)c1Nc1ccc(I)cc1F)N1CCC(CNC2CCC2)C1. The molecule has 0 amide bonds. The highest BCUT2D eigenvalue weighted by atomic mass is 127. The molecule has 2 aromatic rings. The first-order chi connectivity index (χ1) is 15.2. The first-order valence-corrected chi connectivity index (χ1v) is 13.0. The van der Waals surface area contributed by atoms with Crippen molar-refractivity contribution in [3.63, 3.8) is 0 Å². The summed E-state index contributed by atoms with van der Waals surface area (Å²) >= 11 is 1.92. The van der Waals surface area contributed by atoms with Crippen molar-refractivity contribution < 1.29 is 21.6 Å². The molecule has 1 aliphatic heterocycles. The topological polar surface area (TPSA) is 73.5 Å². The third-order valence-corrected chi connectivity index (χ3v) is 8.07. The van der Waals surface area contributed by atoms with Crippen LogP contribution in [0, 0.1) is 26.9 Å². The number of hydrogen-bond acceptors (Lipinski definition) is 4. The van der Waals surface area contributed by atoms with Crippen molar-refractivity contribution in [2.24, 2.45) is 5.92 Å². The first-order valence-electron chi connectivity index (χ1n) is 10.4. The summed E-state index contributed by atoms with van der Waals surface area (Å²) in [5.41, 5.74) is -0.771. The van der Waals surface area contributed by atoms with Crippen LogP contribution in [0.1, 0.15) is 25.7 Å². The average molecular weight is 580 g/mol. The molecule has 0 aromatic heterocycles. The average Bonchev–Trinajstić information content (AvgIpc) is 3.18. The van der Waals surface area contributed by atoms with Gasteiger partial charge in [-0.15, -0.1) is 0 Å². The van der Waals surface area contributed by atoms with E-state index >= 15 is 0 Å². The standard InChI is InChI=1S/C21H24F3IN4O2S/c22-16-5-7-19(21(20(16)24)27-18-6-4-14(25)10-17(18)23)28-32(30,31)29-9-8-13(12-29)11-26-15-2-1-3-15/h4-7,10,13,15,26-28H,1-3,8-9,11-12H2. The maximum absolute atomic E-state index is 14.6. The van der Waals surface area contributed by atoms with Crippen molar-refractivity contribution in [3.05, 3.63) is 51.4 Å². The highest BCUT2D eigenvalue weighted by molar-refractivity contribution is 14.1. The summed E-state index contributed by atoms with van der Waals surface area (Å²) in [4.78, 5) is 0. The Hall–Kier alpha value is -1.57. The predicted octanol–water partition coefficient (Wildman–Crippen LogP) is 4.57. The van der Waals surface area contributed by atoms with Gasteiger partial charge in [-0.25, -0.2) is 13.2 Å². The lowest BCUT2D eigenvalue weighted by molar-refractivity contribution is 0.318. The highest BCUT2D eigenvalue weighted by Crippen LogP contribution is 2.33. The van der Waals surface area contributed by atoms with E-state index in [2.05, 4.69) is 15.4 Å². The number of benzene rings is 2. The Kier molecular flexibility index (Phi) is 7.18. The quantitative estimate of drug-likeness (QED) is 0.400. The number of hydrogen-bond donors (Lipinski definition) is 3. The van der Waals surface area contributed by atoms with Crippen LogP contribution in [0.25, 0.3) is 0 Å². The van der Waals surface area contributed by atoms with Gasteiger partial charge in [-0.1, -0.05) is 6.42 Å². The van der Waals surface area contributed by atoms with Crippen LogP contribution in [0.15, 0.2) is 30.3 Å². The Bertz CT molecular complexity index is 1100. The Morgan fingerprint density at radius 2 is 1.78 bits per heavy atom. The Morgan fingerprint density at radius 3 is 2.47 bits per heavy atom. The van der Waals surface area contributed by atoms with Crippen molar-refractivity contribution in [2.75, 3.05) is 29.7 Å². The molecular formula is C21H24F3IN4O2S. The van der Waals surface area contributed by atoms with Crippen LogP contribution in [-0.2, 0) is 10.2 Å². The Labute approximate surface area is 199 Å². The molecule has 1 aliphatic carbocycles. The van der Waals surface area contributed by atoms with Gasteiger partial charge in [-0.05, 0) is 84.6 Å². The van der Waals surface area contributed by atoms with Gasteiger partial charge in [0, 0.05) is 22.7 Å². The molecule has 2 aromatic carbocycles. The van der Waals surface area contributed by atoms with Crippen LogP contribution in [0.4, 0.5) is 30.2 Å². The summed E-state index contributed by atoms with van der Waals surface area (Å²) in [7, 11) is -4.01. The molecule has 0 radical (unpaired) electrons. The second kappa shape index (κ2) is 9.74. The minimum absolute atomic E-state index is 0.0985. The van der Waals surface area contributed by atoms with E-state index in [-0.39, 0.29) is 17.3 Å². The molecule has 2 fully saturated rings. The van der Waals surface area contributed by atoms with Gasteiger partial charge >= 0.3 is 10.2 Å². The van der Waals surface area contributed by atoms with Gasteiger partial charge in [0.05, 0.1) is 11.4 Å². The van der Waals surface area contributed by atoms with E-state index in [0.29, 0.717) is 22.7 Å². The van der Waals surface area contributed by atoms with Gasteiger partial charge in [0.2, 0.25) is 0 Å². The summed E-state index contributed by atoms with van der Waals surface area (Å²) in [5, 5.41) is 5.96. The van der Waals surface area contributed by atoms with E-state index in [0.717, 1.165) is 37.9 Å². The number of nitrogens with one attached hydrogen (secondary N) is 3. The maximum Gasteiger partial charge on any atom is 0.301 e. The van der Waals surface area contributed by atoms with Gasteiger partial charge in [0.15, 0.2) is 11.6 Å². The summed E-state index contributed by atoms with van der Waals surface area (Å²) in [6.45, 7) is 1.43. The van der Waals surface area contributed by atoms with Gasteiger partial charge < -0.3 is 10.6 Å². The lowest BCUT2D eigenvalue weighted by Gasteiger charge is -2.28. The molecule has 1 unspecified atom stereocenters. The number of nitrogens with zero attached hydrogens (tertiary/aromatic N) is 1. The summed E-state index contributed by atoms with van der Waals surface area (Å²) in [6, 6.07) is 6.67. The molecule has 32 heavy (non-hydrogen) atoms. The smallest absolute Gasteiger partial charge is 0.301 e. The first kappa shape index (κ1) is 23.6. The van der Waals surface area contributed by atoms with Gasteiger partial charge in [0.25, 0.3) is 0 Å². The van der Waals surface area contributed by atoms with E-state index in [9.17, 15) is 21.6 Å². The van der Waals surface area contributed by atoms with Crippen molar-refractivity contribution in [1.29, 1.82) is 0 Å². The molecule has 4 rings (SSSR count). The zero-order chi connectivity index (χ0) is 22.9. The zero-order valence-electron chi connectivity index (χ0n) is 17.2. The largest absolute Gasteiger partial charge is 0.349 e. The van der Waals surface area contributed by atoms with E-state index in [4.69, 9.17) is 0 Å². The molecule has 0 bridgehead atoms.